The average Bonchev–Trinajstić information content (AvgIpc) is 3.21. The third-order valence-electron chi connectivity index (χ3n) is 5.81. The second kappa shape index (κ2) is 6.52. The third-order valence-corrected chi connectivity index (χ3v) is 8.79. The van der Waals surface area contributed by atoms with Crippen LogP contribution in [0.15, 0.2) is 24.3 Å². The number of benzene rings is 1. The van der Waals surface area contributed by atoms with Gasteiger partial charge in [0.15, 0.2) is 9.84 Å². The molecular formula is C21H23N3O2S2. The summed E-state index contributed by atoms with van der Waals surface area (Å²) in [4.78, 5) is 14.4. The van der Waals surface area contributed by atoms with Crippen LogP contribution >= 0.6 is 11.3 Å². The number of aromatic nitrogens is 2. The second-order valence-corrected chi connectivity index (χ2v) is 11.2. The predicted molar refractivity (Wildman–Crippen MR) is 115 cm³/mol. The number of aryl methyl sites for hydroxylation is 3. The molecule has 1 aliphatic heterocycles. The van der Waals surface area contributed by atoms with Crippen LogP contribution in [-0.2, 0) is 22.7 Å². The molecule has 0 spiro atoms. The Hall–Kier alpha value is -1.99. The van der Waals surface area contributed by atoms with Crippen LogP contribution < -0.4 is 4.90 Å². The Morgan fingerprint density at radius 1 is 1.14 bits per heavy atom. The van der Waals surface area contributed by atoms with Gasteiger partial charge in [0.2, 0.25) is 5.95 Å². The van der Waals surface area contributed by atoms with Crippen molar-refractivity contribution < 1.29 is 8.42 Å². The van der Waals surface area contributed by atoms with Crippen molar-refractivity contribution >= 4 is 37.3 Å². The number of hydrogen-bond acceptors (Lipinski definition) is 6. The molecule has 3 heterocycles. The summed E-state index contributed by atoms with van der Waals surface area (Å²) in [5, 5.41) is 1.20. The maximum atomic E-state index is 12.0. The summed E-state index contributed by atoms with van der Waals surface area (Å²) in [6.07, 6.45) is 3.42. The number of fused-ring (bicyclic) bond motifs is 3. The molecule has 7 heteroatoms. The van der Waals surface area contributed by atoms with E-state index in [-0.39, 0.29) is 17.5 Å². The SMILES string of the molecule is Cc1ccc(-c2nc(N3CCS(=O)(=O)CC3C)nc3sc4c(c23)CCC4)cc1. The van der Waals surface area contributed by atoms with Crippen molar-refractivity contribution in [1.29, 1.82) is 0 Å². The highest BCUT2D eigenvalue weighted by molar-refractivity contribution is 7.91. The van der Waals surface area contributed by atoms with E-state index in [4.69, 9.17) is 9.97 Å². The van der Waals surface area contributed by atoms with Gasteiger partial charge in [-0.25, -0.2) is 18.4 Å². The van der Waals surface area contributed by atoms with E-state index >= 15 is 0 Å². The number of thiophene rings is 1. The minimum Gasteiger partial charge on any atom is -0.336 e. The molecule has 28 heavy (non-hydrogen) atoms. The van der Waals surface area contributed by atoms with Gasteiger partial charge >= 0.3 is 0 Å². The van der Waals surface area contributed by atoms with Crippen LogP contribution in [0.2, 0.25) is 0 Å². The number of sulfone groups is 1. The Labute approximate surface area is 169 Å². The van der Waals surface area contributed by atoms with Gasteiger partial charge in [0, 0.05) is 28.4 Å². The van der Waals surface area contributed by atoms with E-state index in [9.17, 15) is 8.42 Å². The first-order valence-electron chi connectivity index (χ1n) is 9.78. The van der Waals surface area contributed by atoms with Gasteiger partial charge in [-0.05, 0) is 38.7 Å². The Kier molecular flexibility index (Phi) is 4.21. The first kappa shape index (κ1) is 18.1. The van der Waals surface area contributed by atoms with Crippen LogP contribution in [0.1, 0.15) is 29.3 Å². The molecule has 1 fully saturated rings. The summed E-state index contributed by atoms with van der Waals surface area (Å²) in [6.45, 7) is 4.49. The molecule has 146 valence electrons. The van der Waals surface area contributed by atoms with E-state index in [0.29, 0.717) is 12.5 Å². The molecule has 0 radical (unpaired) electrons. The zero-order valence-corrected chi connectivity index (χ0v) is 17.7. The average molecular weight is 414 g/mol. The lowest BCUT2D eigenvalue weighted by molar-refractivity contribution is 0.565. The van der Waals surface area contributed by atoms with Crippen LogP contribution in [0.3, 0.4) is 0 Å². The van der Waals surface area contributed by atoms with Crippen molar-refractivity contribution in [1.82, 2.24) is 9.97 Å². The van der Waals surface area contributed by atoms with Crippen molar-refractivity contribution in [2.45, 2.75) is 39.2 Å². The van der Waals surface area contributed by atoms with Gasteiger partial charge in [0.05, 0.1) is 17.2 Å². The maximum Gasteiger partial charge on any atom is 0.227 e. The molecule has 3 aromatic rings. The van der Waals surface area contributed by atoms with Gasteiger partial charge in [-0.15, -0.1) is 11.3 Å². The maximum absolute atomic E-state index is 12.0. The molecule has 1 aliphatic carbocycles. The van der Waals surface area contributed by atoms with Crippen molar-refractivity contribution in [3.05, 3.63) is 40.3 Å². The van der Waals surface area contributed by atoms with Gasteiger partial charge in [0.25, 0.3) is 0 Å². The van der Waals surface area contributed by atoms with Crippen LogP contribution in [-0.4, -0.2) is 42.5 Å². The van der Waals surface area contributed by atoms with E-state index in [2.05, 4.69) is 36.1 Å². The predicted octanol–water partition coefficient (Wildman–Crippen LogP) is 3.78. The first-order valence-corrected chi connectivity index (χ1v) is 12.4. The molecule has 2 aliphatic rings. The summed E-state index contributed by atoms with van der Waals surface area (Å²) < 4.78 is 24.0. The lowest BCUT2D eigenvalue weighted by Crippen LogP contribution is -2.47. The molecule has 2 aromatic heterocycles. The fourth-order valence-corrected chi connectivity index (χ4v) is 7.14. The van der Waals surface area contributed by atoms with Gasteiger partial charge in [-0.1, -0.05) is 29.8 Å². The van der Waals surface area contributed by atoms with Crippen molar-refractivity contribution in [2.24, 2.45) is 0 Å². The molecule has 0 N–H and O–H groups in total. The lowest BCUT2D eigenvalue weighted by Gasteiger charge is -2.33. The summed E-state index contributed by atoms with van der Waals surface area (Å²) in [5.74, 6) is 0.986. The van der Waals surface area contributed by atoms with Gasteiger partial charge in [-0.3, -0.25) is 0 Å². The van der Waals surface area contributed by atoms with Crippen LogP contribution in [0.4, 0.5) is 5.95 Å². The molecular weight excluding hydrogens is 390 g/mol. The second-order valence-electron chi connectivity index (χ2n) is 7.93. The topological polar surface area (TPSA) is 63.2 Å². The summed E-state index contributed by atoms with van der Waals surface area (Å²) >= 11 is 1.78. The Balaban J connectivity index is 1.69. The van der Waals surface area contributed by atoms with E-state index in [1.54, 1.807) is 11.3 Å². The van der Waals surface area contributed by atoms with E-state index in [1.807, 2.05) is 6.92 Å². The number of rotatable bonds is 2. The zero-order chi connectivity index (χ0) is 19.5. The zero-order valence-electron chi connectivity index (χ0n) is 16.1. The fourth-order valence-electron chi connectivity index (χ4n) is 4.33. The fraction of sp³-hybridized carbons (Fsp3) is 0.429. The van der Waals surface area contributed by atoms with E-state index in [1.165, 1.54) is 27.8 Å². The molecule has 0 amide bonds. The number of nitrogens with zero attached hydrogens (tertiary/aromatic N) is 3. The van der Waals surface area contributed by atoms with Crippen LogP contribution in [0.5, 0.6) is 0 Å². The Bertz CT molecular complexity index is 1170. The minimum atomic E-state index is -2.97. The standard InChI is InChI=1S/C21H23N3O2S2/c1-13-6-8-15(9-7-13)19-18-16-4-3-5-17(16)27-20(18)23-21(22-19)24-10-11-28(25,26)12-14(24)2/h6-9,14H,3-5,10-12H2,1-2H3. The normalized spacial score (nSPS) is 21.2. The highest BCUT2D eigenvalue weighted by Crippen LogP contribution is 2.41. The van der Waals surface area contributed by atoms with Crippen LogP contribution in [0, 0.1) is 6.92 Å². The molecule has 1 saturated heterocycles. The summed E-state index contributed by atoms with van der Waals surface area (Å²) in [6, 6.07) is 8.37. The summed E-state index contributed by atoms with van der Waals surface area (Å²) in [7, 11) is -2.97. The quantitative estimate of drug-likeness (QED) is 0.640. The lowest BCUT2D eigenvalue weighted by atomic mass is 10.0. The highest BCUT2D eigenvalue weighted by atomic mass is 32.2. The van der Waals surface area contributed by atoms with Crippen molar-refractivity contribution in [2.75, 3.05) is 23.0 Å². The van der Waals surface area contributed by atoms with Gasteiger partial charge < -0.3 is 4.90 Å². The van der Waals surface area contributed by atoms with E-state index < -0.39 is 9.84 Å². The summed E-state index contributed by atoms with van der Waals surface area (Å²) in [5.41, 5.74) is 4.72. The van der Waals surface area contributed by atoms with Gasteiger partial charge in [-0.2, -0.15) is 0 Å². The Morgan fingerprint density at radius 3 is 2.68 bits per heavy atom. The molecule has 5 nitrogen and oxygen atoms in total. The van der Waals surface area contributed by atoms with Crippen molar-refractivity contribution in [3.63, 3.8) is 0 Å². The Morgan fingerprint density at radius 2 is 1.93 bits per heavy atom. The molecule has 1 atom stereocenters. The molecule has 1 unspecified atom stereocenters. The third kappa shape index (κ3) is 3.01. The molecule has 0 saturated carbocycles. The number of hydrogen-bond donors (Lipinski definition) is 0. The van der Waals surface area contributed by atoms with Crippen molar-refractivity contribution in [3.8, 4) is 11.3 Å². The first-order chi connectivity index (χ1) is 13.4. The molecule has 0 bridgehead atoms. The smallest absolute Gasteiger partial charge is 0.227 e. The van der Waals surface area contributed by atoms with Crippen LogP contribution in [0.25, 0.3) is 21.5 Å². The highest BCUT2D eigenvalue weighted by Gasteiger charge is 2.31. The largest absolute Gasteiger partial charge is 0.336 e. The van der Waals surface area contributed by atoms with E-state index in [0.717, 1.165) is 28.9 Å². The minimum absolute atomic E-state index is 0.117. The number of anilines is 1. The monoisotopic (exact) mass is 413 g/mol. The molecule has 5 rings (SSSR count). The molecule has 1 aromatic carbocycles. The van der Waals surface area contributed by atoms with Gasteiger partial charge in [0.1, 0.15) is 4.83 Å².